The van der Waals surface area contributed by atoms with Crippen LogP contribution in [0, 0.1) is 17.0 Å². The molecule has 0 amide bonds. The van der Waals surface area contributed by atoms with Crippen molar-refractivity contribution in [3.8, 4) is 0 Å². The minimum absolute atomic E-state index is 0.0856. The average Bonchev–Trinajstić information content (AvgIpc) is 2.16. The van der Waals surface area contributed by atoms with E-state index in [1.807, 2.05) is 0 Å². The van der Waals surface area contributed by atoms with Gasteiger partial charge in [0.25, 0.3) is 5.69 Å². The van der Waals surface area contributed by atoms with Crippen LogP contribution < -0.4 is 4.72 Å². The van der Waals surface area contributed by atoms with Crippen molar-refractivity contribution >= 4 is 27.3 Å². The van der Waals surface area contributed by atoms with Gasteiger partial charge in [-0.05, 0) is 25.6 Å². The van der Waals surface area contributed by atoms with Crippen LogP contribution in [0.15, 0.2) is 17.0 Å². The molecule has 1 aromatic rings. The quantitative estimate of drug-likeness (QED) is 0.661. The molecule has 1 rings (SSSR count). The number of nitro groups is 1. The summed E-state index contributed by atoms with van der Waals surface area (Å²) in [5.74, 6) is 0. The Hall–Kier alpha value is -1.18. The minimum Gasteiger partial charge on any atom is -0.258 e. The van der Waals surface area contributed by atoms with Gasteiger partial charge in [-0.3, -0.25) is 10.1 Å². The Bertz CT molecular complexity index is 541. The fourth-order valence-electron chi connectivity index (χ4n) is 1.18. The Morgan fingerprint density at radius 2 is 2.00 bits per heavy atom. The maximum atomic E-state index is 11.5. The molecule has 0 aromatic heterocycles. The highest BCUT2D eigenvalue weighted by Gasteiger charge is 2.22. The number of hydrogen-bond donors (Lipinski definition) is 1. The summed E-state index contributed by atoms with van der Waals surface area (Å²) in [7, 11) is -2.48. The smallest absolute Gasteiger partial charge is 0.258 e. The lowest BCUT2D eigenvalue weighted by Gasteiger charge is -2.06. The predicted molar refractivity (Wildman–Crippen MR) is 59.1 cm³/mol. The second kappa shape index (κ2) is 4.36. The maximum absolute atomic E-state index is 11.5. The highest BCUT2D eigenvalue weighted by atomic mass is 35.5. The Morgan fingerprint density at radius 3 is 2.44 bits per heavy atom. The molecule has 0 fully saturated rings. The van der Waals surface area contributed by atoms with E-state index >= 15 is 0 Å². The van der Waals surface area contributed by atoms with E-state index in [4.69, 9.17) is 11.6 Å². The van der Waals surface area contributed by atoms with E-state index in [2.05, 4.69) is 4.72 Å². The average molecular weight is 265 g/mol. The van der Waals surface area contributed by atoms with Gasteiger partial charge in [0.05, 0.1) is 9.82 Å². The minimum atomic E-state index is -3.71. The van der Waals surface area contributed by atoms with Gasteiger partial charge in [0.15, 0.2) is 0 Å². The molecule has 0 aliphatic rings. The molecule has 0 spiro atoms. The number of halogens is 1. The van der Waals surface area contributed by atoms with Crippen LogP contribution in [0.5, 0.6) is 0 Å². The lowest BCUT2D eigenvalue weighted by molar-refractivity contribution is -0.384. The third-order valence-corrected chi connectivity index (χ3v) is 3.86. The number of nitrogens with zero attached hydrogens (tertiary/aromatic N) is 1. The second-order valence-electron chi connectivity index (χ2n) is 3.03. The first kappa shape index (κ1) is 12.9. The van der Waals surface area contributed by atoms with Gasteiger partial charge in [-0.2, -0.15) is 0 Å². The summed E-state index contributed by atoms with van der Waals surface area (Å²) in [6.45, 7) is 1.51. The van der Waals surface area contributed by atoms with Crippen LogP contribution in [0.4, 0.5) is 5.69 Å². The molecule has 16 heavy (non-hydrogen) atoms. The third kappa shape index (κ3) is 2.31. The van der Waals surface area contributed by atoms with Crippen LogP contribution in [0.3, 0.4) is 0 Å². The highest BCUT2D eigenvalue weighted by Crippen LogP contribution is 2.29. The van der Waals surface area contributed by atoms with Crippen molar-refractivity contribution in [2.75, 3.05) is 7.05 Å². The zero-order valence-corrected chi connectivity index (χ0v) is 10.1. The molecule has 0 heterocycles. The molecule has 0 atom stereocenters. The van der Waals surface area contributed by atoms with Gasteiger partial charge < -0.3 is 0 Å². The molecule has 88 valence electrons. The van der Waals surface area contributed by atoms with Gasteiger partial charge in [-0.25, -0.2) is 13.1 Å². The molecule has 1 aromatic carbocycles. The zero-order chi connectivity index (χ0) is 12.5. The van der Waals surface area contributed by atoms with Crippen molar-refractivity contribution in [3.05, 3.63) is 32.8 Å². The lowest BCUT2D eigenvalue weighted by atomic mass is 10.2. The van der Waals surface area contributed by atoms with Crippen molar-refractivity contribution in [1.82, 2.24) is 4.72 Å². The number of hydrogen-bond acceptors (Lipinski definition) is 4. The fraction of sp³-hybridized carbons (Fsp3) is 0.250. The number of aryl methyl sites for hydroxylation is 1. The van der Waals surface area contributed by atoms with E-state index in [1.54, 1.807) is 0 Å². The predicted octanol–water partition coefficient (Wildman–Crippen LogP) is 1.46. The molecule has 8 heteroatoms. The molecule has 0 bridgehead atoms. The summed E-state index contributed by atoms with van der Waals surface area (Å²) in [5, 5.41) is 10.5. The molecule has 0 unspecified atom stereocenters. The summed E-state index contributed by atoms with van der Waals surface area (Å²) < 4.78 is 25.2. The first-order chi connectivity index (χ1) is 7.29. The first-order valence-corrected chi connectivity index (χ1v) is 6.04. The molecule has 0 saturated carbocycles. The Labute approximate surface area is 97.4 Å². The van der Waals surface area contributed by atoms with Crippen molar-refractivity contribution < 1.29 is 13.3 Å². The Morgan fingerprint density at radius 1 is 1.44 bits per heavy atom. The molecular weight excluding hydrogens is 256 g/mol. The van der Waals surface area contributed by atoms with E-state index in [-0.39, 0.29) is 9.92 Å². The largest absolute Gasteiger partial charge is 0.289 e. The van der Waals surface area contributed by atoms with E-state index in [1.165, 1.54) is 20.0 Å². The molecule has 1 N–H and O–H groups in total. The van der Waals surface area contributed by atoms with Crippen LogP contribution in [0.25, 0.3) is 0 Å². The van der Waals surface area contributed by atoms with Crippen LogP contribution in [0.1, 0.15) is 5.56 Å². The van der Waals surface area contributed by atoms with Gasteiger partial charge in [0.1, 0.15) is 5.02 Å². The standard InChI is InChI=1S/C8H9ClN2O4S/c1-5-3-6(9)7(11(12)13)4-8(5)16(14,15)10-2/h3-4,10H,1-2H3. The first-order valence-electron chi connectivity index (χ1n) is 4.17. The normalized spacial score (nSPS) is 11.4. The van der Waals surface area contributed by atoms with E-state index in [0.717, 1.165) is 6.07 Å². The fourth-order valence-corrected chi connectivity index (χ4v) is 2.44. The van der Waals surface area contributed by atoms with Crippen molar-refractivity contribution in [1.29, 1.82) is 0 Å². The van der Waals surface area contributed by atoms with E-state index in [0.29, 0.717) is 5.56 Å². The van der Waals surface area contributed by atoms with Gasteiger partial charge in [0.2, 0.25) is 10.0 Å². The molecule has 6 nitrogen and oxygen atoms in total. The van der Waals surface area contributed by atoms with Crippen molar-refractivity contribution in [2.24, 2.45) is 0 Å². The summed E-state index contributed by atoms with van der Waals surface area (Å²) in [4.78, 5) is 9.73. The lowest BCUT2D eigenvalue weighted by Crippen LogP contribution is -2.19. The summed E-state index contributed by atoms with van der Waals surface area (Å²) >= 11 is 5.63. The number of benzene rings is 1. The van der Waals surface area contributed by atoms with Crippen molar-refractivity contribution in [3.63, 3.8) is 0 Å². The third-order valence-electron chi connectivity index (χ3n) is 2.00. The number of sulfonamides is 1. The Kier molecular flexibility index (Phi) is 3.51. The second-order valence-corrected chi connectivity index (χ2v) is 5.30. The van der Waals surface area contributed by atoms with Gasteiger partial charge >= 0.3 is 0 Å². The maximum Gasteiger partial charge on any atom is 0.289 e. The van der Waals surface area contributed by atoms with Gasteiger partial charge in [0, 0.05) is 6.07 Å². The van der Waals surface area contributed by atoms with Gasteiger partial charge in [-0.1, -0.05) is 11.6 Å². The van der Waals surface area contributed by atoms with Crippen LogP contribution in [-0.2, 0) is 10.0 Å². The molecule has 0 aliphatic carbocycles. The summed E-state index contributed by atoms with van der Waals surface area (Å²) in [6.07, 6.45) is 0. The molecule has 0 saturated heterocycles. The Balaban J connectivity index is 3.55. The molecule has 0 radical (unpaired) electrons. The molecular formula is C8H9ClN2O4S. The highest BCUT2D eigenvalue weighted by molar-refractivity contribution is 7.89. The van der Waals surface area contributed by atoms with Crippen LogP contribution in [0.2, 0.25) is 5.02 Å². The number of nitro benzene ring substituents is 1. The van der Waals surface area contributed by atoms with Gasteiger partial charge in [-0.15, -0.1) is 0 Å². The SMILES string of the molecule is CNS(=O)(=O)c1cc([N+](=O)[O-])c(Cl)cc1C. The number of rotatable bonds is 3. The zero-order valence-electron chi connectivity index (χ0n) is 8.52. The van der Waals surface area contributed by atoms with Crippen LogP contribution >= 0.6 is 11.6 Å². The van der Waals surface area contributed by atoms with Crippen LogP contribution in [-0.4, -0.2) is 20.4 Å². The topological polar surface area (TPSA) is 89.3 Å². The van der Waals surface area contributed by atoms with E-state index in [9.17, 15) is 18.5 Å². The van der Waals surface area contributed by atoms with Crippen molar-refractivity contribution in [2.45, 2.75) is 11.8 Å². The summed E-state index contributed by atoms with van der Waals surface area (Å²) in [5.41, 5.74) is -0.0777. The molecule has 0 aliphatic heterocycles. The monoisotopic (exact) mass is 264 g/mol. The number of nitrogens with one attached hydrogen (secondary N) is 1. The van der Waals surface area contributed by atoms with E-state index < -0.39 is 20.6 Å². The summed E-state index contributed by atoms with van der Waals surface area (Å²) in [6, 6.07) is 2.20.